The Morgan fingerprint density at radius 3 is 2.42 bits per heavy atom. The minimum absolute atomic E-state index is 0.413. The Morgan fingerprint density at radius 2 is 1.77 bits per heavy atom. The van der Waals surface area contributed by atoms with Gasteiger partial charge in [0.25, 0.3) is 0 Å². The van der Waals surface area contributed by atoms with Crippen molar-refractivity contribution < 1.29 is 4.74 Å². The molecule has 0 spiro atoms. The quantitative estimate of drug-likeness (QED) is 0.306. The van der Waals surface area contributed by atoms with Crippen molar-refractivity contribution in [1.29, 1.82) is 0 Å². The molecule has 9 heteroatoms. The highest BCUT2D eigenvalue weighted by atomic mass is 32.1. The van der Waals surface area contributed by atoms with Gasteiger partial charge in [0.15, 0.2) is 5.11 Å². The fourth-order valence-electron chi connectivity index (χ4n) is 3.41. The molecule has 8 nitrogen and oxygen atoms in total. The third-order valence-electron chi connectivity index (χ3n) is 4.92. The molecule has 2 heterocycles. The van der Waals surface area contributed by atoms with E-state index in [-0.39, 0.29) is 0 Å². The number of thiocarbonyl (C=S) groups is 1. The molecule has 3 rings (SSSR count). The molecule has 0 bridgehead atoms. The maximum Gasteiger partial charge on any atom is 0.229 e. The molecule has 1 aromatic heterocycles. The average Bonchev–Trinajstić information content (AvgIpc) is 2.74. The second kappa shape index (κ2) is 11.7. The highest BCUT2D eigenvalue weighted by Gasteiger charge is 2.21. The zero-order chi connectivity index (χ0) is 22.1. The number of nitrogens with zero attached hydrogens (tertiary/aromatic N) is 5. The van der Waals surface area contributed by atoms with E-state index >= 15 is 0 Å². The van der Waals surface area contributed by atoms with Crippen LogP contribution in [0.4, 0.5) is 5.95 Å². The van der Waals surface area contributed by atoms with Crippen LogP contribution in [0.5, 0.6) is 0 Å². The van der Waals surface area contributed by atoms with E-state index in [1.54, 1.807) is 7.11 Å². The van der Waals surface area contributed by atoms with E-state index in [1.807, 2.05) is 19.9 Å². The molecule has 0 unspecified atom stereocenters. The molecule has 2 N–H and O–H groups in total. The van der Waals surface area contributed by atoms with Crippen LogP contribution >= 0.6 is 12.2 Å². The molecule has 31 heavy (non-hydrogen) atoms. The summed E-state index contributed by atoms with van der Waals surface area (Å²) in [6.45, 7) is 9.58. The minimum Gasteiger partial charge on any atom is -0.383 e. The number of hydrogen-bond donors (Lipinski definition) is 2. The summed E-state index contributed by atoms with van der Waals surface area (Å²) in [6.07, 6.45) is 0. The molecule has 0 atom stereocenters. The molecule has 166 valence electrons. The van der Waals surface area contributed by atoms with Gasteiger partial charge in [-0.2, -0.15) is 4.99 Å². The van der Waals surface area contributed by atoms with Crippen LogP contribution in [0.15, 0.2) is 41.4 Å². The number of aryl methyl sites for hydroxylation is 2. The van der Waals surface area contributed by atoms with Gasteiger partial charge < -0.3 is 15.0 Å². The summed E-state index contributed by atoms with van der Waals surface area (Å²) >= 11 is 5.42. The number of piperazine rings is 1. The standard InChI is InChI=1S/C22H31N7OS/c1-17-15-18(2)25-20(24-17)26-21(27-22(31)23-9-14-30-3)29-12-10-28(11-13-29)16-19-7-5-4-6-8-19/h4-8,15H,9-14,16H2,1-3H3,(H2,23,24,25,26,27,31). The Bertz CT molecular complexity index is 862. The molecule has 1 fully saturated rings. The molecule has 1 saturated heterocycles. The molecule has 0 saturated carbocycles. The summed E-state index contributed by atoms with van der Waals surface area (Å²) in [5.74, 6) is 1.20. The minimum atomic E-state index is 0.413. The molecule has 0 radical (unpaired) electrons. The number of rotatable bonds is 6. The molecule has 1 aromatic carbocycles. The first kappa shape index (κ1) is 23.1. The van der Waals surface area contributed by atoms with Crippen molar-refractivity contribution in [3.8, 4) is 0 Å². The van der Waals surface area contributed by atoms with Crippen molar-refractivity contribution in [2.45, 2.75) is 20.4 Å². The van der Waals surface area contributed by atoms with E-state index in [4.69, 9.17) is 17.0 Å². The van der Waals surface area contributed by atoms with Crippen molar-refractivity contribution in [3.63, 3.8) is 0 Å². The number of aromatic nitrogens is 2. The summed E-state index contributed by atoms with van der Waals surface area (Å²) in [7, 11) is 1.66. The number of anilines is 1. The zero-order valence-electron chi connectivity index (χ0n) is 18.5. The third kappa shape index (κ3) is 7.54. The van der Waals surface area contributed by atoms with Gasteiger partial charge in [-0.05, 0) is 37.7 Å². The number of benzene rings is 1. The first-order valence-electron chi connectivity index (χ1n) is 10.5. The highest BCUT2D eigenvalue weighted by molar-refractivity contribution is 7.80. The monoisotopic (exact) mass is 441 g/mol. The predicted octanol–water partition coefficient (Wildman–Crippen LogP) is 2.20. The Balaban J connectivity index is 1.68. The summed E-state index contributed by atoms with van der Waals surface area (Å²) in [6, 6.07) is 12.5. The number of aliphatic imine (C=N–C) groups is 1. The number of methoxy groups -OCH3 is 1. The van der Waals surface area contributed by atoms with Crippen molar-refractivity contribution in [3.05, 3.63) is 53.3 Å². The van der Waals surface area contributed by atoms with Gasteiger partial charge in [-0.3, -0.25) is 10.2 Å². The van der Waals surface area contributed by atoms with Crippen LogP contribution in [0, 0.1) is 13.8 Å². The van der Waals surface area contributed by atoms with Crippen molar-refractivity contribution in [2.75, 3.05) is 51.8 Å². The predicted molar refractivity (Wildman–Crippen MR) is 128 cm³/mol. The number of hydrogen-bond acceptors (Lipinski definition) is 5. The molecule has 0 aliphatic carbocycles. The van der Waals surface area contributed by atoms with Gasteiger partial charge in [0.2, 0.25) is 11.9 Å². The van der Waals surface area contributed by atoms with E-state index in [2.05, 4.69) is 65.7 Å². The molecular formula is C22H31N7OS. The normalized spacial score (nSPS) is 15.1. The van der Waals surface area contributed by atoms with Crippen LogP contribution in [0.1, 0.15) is 17.0 Å². The third-order valence-corrected chi connectivity index (χ3v) is 5.15. The van der Waals surface area contributed by atoms with Gasteiger partial charge in [-0.1, -0.05) is 30.3 Å². The Kier molecular flexibility index (Phi) is 8.69. The van der Waals surface area contributed by atoms with Gasteiger partial charge in [0.1, 0.15) is 0 Å². The lowest BCUT2D eigenvalue weighted by molar-refractivity contribution is 0.175. The van der Waals surface area contributed by atoms with E-state index in [1.165, 1.54) is 5.56 Å². The summed E-state index contributed by atoms with van der Waals surface area (Å²) in [5.41, 5.74) is 3.14. The lowest BCUT2D eigenvalue weighted by atomic mass is 10.2. The first-order valence-corrected chi connectivity index (χ1v) is 10.9. The molecule has 1 aliphatic heterocycles. The van der Waals surface area contributed by atoms with Crippen LogP contribution < -0.4 is 10.6 Å². The molecule has 0 amide bonds. The maximum atomic E-state index is 5.42. The average molecular weight is 442 g/mol. The molecule has 2 aromatic rings. The highest BCUT2D eigenvalue weighted by Crippen LogP contribution is 2.11. The number of ether oxygens (including phenoxy) is 1. The van der Waals surface area contributed by atoms with E-state index in [0.717, 1.165) is 44.1 Å². The summed E-state index contributed by atoms with van der Waals surface area (Å²) in [5, 5.41) is 6.81. The van der Waals surface area contributed by atoms with E-state index < -0.39 is 0 Å². The van der Waals surface area contributed by atoms with Crippen LogP contribution in [-0.2, 0) is 11.3 Å². The van der Waals surface area contributed by atoms with E-state index in [9.17, 15) is 0 Å². The Morgan fingerprint density at radius 1 is 1.10 bits per heavy atom. The fraction of sp³-hybridized carbons (Fsp3) is 0.455. The molecular weight excluding hydrogens is 410 g/mol. The van der Waals surface area contributed by atoms with Crippen molar-refractivity contribution >= 4 is 29.2 Å². The lowest BCUT2D eigenvalue weighted by Crippen LogP contribution is -2.50. The topological polar surface area (TPSA) is 77.9 Å². The van der Waals surface area contributed by atoms with Gasteiger partial charge in [-0.25, -0.2) is 9.97 Å². The van der Waals surface area contributed by atoms with E-state index in [0.29, 0.717) is 30.2 Å². The Labute approximate surface area is 189 Å². The van der Waals surface area contributed by atoms with Crippen LogP contribution in [0.25, 0.3) is 0 Å². The van der Waals surface area contributed by atoms with Crippen LogP contribution in [0.2, 0.25) is 0 Å². The van der Waals surface area contributed by atoms with Gasteiger partial charge in [-0.15, -0.1) is 0 Å². The fourth-order valence-corrected chi connectivity index (χ4v) is 3.60. The SMILES string of the molecule is COCCNC(=S)/N=C(/Nc1nc(C)cc(C)n1)N1CCN(Cc2ccccc2)CC1. The number of guanidine groups is 1. The second-order valence-corrected chi connectivity index (χ2v) is 7.89. The zero-order valence-corrected chi connectivity index (χ0v) is 19.3. The van der Waals surface area contributed by atoms with Gasteiger partial charge >= 0.3 is 0 Å². The van der Waals surface area contributed by atoms with Gasteiger partial charge in [0.05, 0.1) is 6.61 Å². The van der Waals surface area contributed by atoms with Crippen molar-refractivity contribution in [1.82, 2.24) is 25.1 Å². The maximum absolute atomic E-state index is 5.42. The summed E-state index contributed by atoms with van der Waals surface area (Å²) < 4.78 is 5.07. The van der Waals surface area contributed by atoms with Gasteiger partial charge in [0, 0.05) is 57.8 Å². The smallest absolute Gasteiger partial charge is 0.229 e. The van der Waals surface area contributed by atoms with Crippen molar-refractivity contribution in [2.24, 2.45) is 4.99 Å². The first-order chi connectivity index (χ1) is 15.0. The van der Waals surface area contributed by atoms with Crippen LogP contribution in [0.3, 0.4) is 0 Å². The molecule has 1 aliphatic rings. The largest absolute Gasteiger partial charge is 0.383 e. The number of nitrogens with one attached hydrogen (secondary N) is 2. The summed E-state index contributed by atoms with van der Waals surface area (Å²) in [4.78, 5) is 18.3. The second-order valence-electron chi connectivity index (χ2n) is 7.51. The Hall–Kier alpha value is -2.62. The lowest BCUT2D eigenvalue weighted by Gasteiger charge is -2.36. The van der Waals surface area contributed by atoms with Crippen LogP contribution in [-0.4, -0.2) is 77.3 Å².